The topological polar surface area (TPSA) is 49.4 Å². The summed E-state index contributed by atoms with van der Waals surface area (Å²) in [5, 5.41) is 10.9. The Labute approximate surface area is 80.7 Å². The molecule has 0 aliphatic carbocycles. The first-order chi connectivity index (χ1) is 6.22. The third-order valence-corrected chi connectivity index (χ3v) is 2.36. The van der Waals surface area contributed by atoms with Crippen LogP contribution in [0.5, 0.6) is 5.75 Å². The number of hydrogen-bond donors (Lipinski definition) is 0. The number of carbonyl (C=O) groups excluding carboxylic acids is 1. The van der Waals surface area contributed by atoms with Crippen molar-refractivity contribution in [2.75, 3.05) is 12.9 Å². The Morgan fingerprint density at radius 1 is 1.62 bits per heavy atom. The second kappa shape index (κ2) is 4.77. The lowest BCUT2D eigenvalue weighted by molar-refractivity contribution is -0.268. The predicted octanol–water partition coefficient (Wildman–Crippen LogP) is 1.03. The van der Waals surface area contributed by atoms with Gasteiger partial charge in [-0.3, -0.25) is 4.79 Å². The van der Waals surface area contributed by atoms with E-state index in [-0.39, 0.29) is 17.5 Å². The Kier molecular flexibility index (Phi) is 3.64. The number of methoxy groups -OCH3 is 1. The smallest absolute Gasteiger partial charge is 0.315 e. The first-order valence-corrected chi connectivity index (χ1v) is 4.67. The lowest BCUT2D eigenvalue weighted by Crippen LogP contribution is -2.02. The van der Waals surface area contributed by atoms with Crippen molar-refractivity contribution in [2.45, 2.75) is 4.90 Å². The summed E-state index contributed by atoms with van der Waals surface area (Å²) in [5.41, 5.74) is 0. The van der Waals surface area contributed by atoms with E-state index in [1.807, 2.05) is 0 Å². The van der Waals surface area contributed by atoms with Crippen molar-refractivity contribution in [1.82, 2.24) is 0 Å². The monoisotopic (exact) mass is 197 g/mol. The molecule has 0 unspecified atom stereocenters. The summed E-state index contributed by atoms with van der Waals surface area (Å²) in [7, 11) is 1.34. The second-order valence-electron chi connectivity index (χ2n) is 2.34. The number of carbonyl (C=O) groups is 1. The zero-order valence-corrected chi connectivity index (χ0v) is 7.97. The highest BCUT2D eigenvalue weighted by Crippen LogP contribution is 2.20. The van der Waals surface area contributed by atoms with Crippen molar-refractivity contribution in [1.29, 1.82) is 0 Å². The predicted molar refractivity (Wildman–Crippen MR) is 48.6 cm³/mol. The van der Waals surface area contributed by atoms with Gasteiger partial charge in [0.1, 0.15) is 0 Å². The molecule has 0 aliphatic rings. The Morgan fingerprint density at radius 2 is 2.38 bits per heavy atom. The van der Waals surface area contributed by atoms with Crippen LogP contribution in [0.25, 0.3) is 0 Å². The zero-order valence-electron chi connectivity index (χ0n) is 7.15. The number of rotatable bonds is 3. The van der Waals surface area contributed by atoms with Gasteiger partial charge in [0.05, 0.1) is 12.9 Å². The first-order valence-electron chi connectivity index (χ1n) is 3.69. The molecule has 0 aromatic heterocycles. The Hall–Kier alpha value is -1.16. The van der Waals surface area contributed by atoms with Crippen LogP contribution in [0.1, 0.15) is 0 Å². The fourth-order valence-electron chi connectivity index (χ4n) is 0.765. The number of benzene rings is 1. The molecule has 0 saturated heterocycles. The van der Waals surface area contributed by atoms with Crippen LogP contribution in [-0.4, -0.2) is 18.8 Å². The number of hydrogen-bond acceptors (Lipinski definition) is 4. The van der Waals surface area contributed by atoms with E-state index in [0.29, 0.717) is 0 Å². The molecule has 0 bridgehead atoms. The van der Waals surface area contributed by atoms with Crippen molar-refractivity contribution in [3.63, 3.8) is 0 Å². The summed E-state index contributed by atoms with van der Waals surface area (Å²) >= 11 is 1.29. The van der Waals surface area contributed by atoms with E-state index in [0.717, 1.165) is 4.90 Å². The zero-order chi connectivity index (χ0) is 9.68. The summed E-state index contributed by atoms with van der Waals surface area (Å²) in [6.07, 6.45) is 0. The molecule has 0 aliphatic heterocycles. The molecular formula is C9H9O3S-. The Balaban J connectivity index is 2.50. The van der Waals surface area contributed by atoms with Crippen molar-refractivity contribution < 1.29 is 14.6 Å². The summed E-state index contributed by atoms with van der Waals surface area (Å²) < 4.78 is 4.46. The Bertz CT molecular complexity index is 299. The SMILES string of the molecule is COC(=O)CSc1cccc([O-])c1. The van der Waals surface area contributed by atoms with Gasteiger partial charge in [0.15, 0.2) is 0 Å². The van der Waals surface area contributed by atoms with Crippen molar-refractivity contribution in [3.8, 4) is 5.75 Å². The molecule has 1 aromatic carbocycles. The fraction of sp³-hybridized carbons (Fsp3) is 0.222. The van der Waals surface area contributed by atoms with Gasteiger partial charge in [0.2, 0.25) is 0 Å². The minimum absolute atomic E-state index is 0.0464. The maximum absolute atomic E-state index is 10.9. The van der Waals surface area contributed by atoms with Gasteiger partial charge in [0, 0.05) is 4.90 Å². The van der Waals surface area contributed by atoms with Crippen LogP contribution >= 0.6 is 11.8 Å². The van der Waals surface area contributed by atoms with E-state index >= 15 is 0 Å². The maximum Gasteiger partial charge on any atom is 0.315 e. The number of ether oxygens (including phenoxy) is 1. The molecule has 0 spiro atoms. The minimum Gasteiger partial charge on any atom is -0.872 e. The van der Waals surface area contributed by atoms with Crippen molar-refractivity contribution in [3.05, 3.63) is 24.3 Å². The summed E-state index contributed by atoms with van der Waals surface area (Å²) in [6, 6.07) is 6.42. The van der Waals surface area contributed by atoms with Crippen LogP contribution < -0.4 is 5.11 Å². The molecule has 0 saturated carbocycles. The molecule has 13 heavy (non-hydrogen) atoms. The highest BCUT2D eigenvalue weighted by atomic mass is 32.2. The standard InChI is InChI=1S/C9H10O3S/c1-12-9(11)6-13-8-4-2-3-7(10)5-8/h2-5,10H,6H2,1H3/p-1. The maximum atomic E-state index is 10.9. The number of esters is 1. The molecule has 0 N–H and O–H groups in total. The van der Waals surface area contributed by atoms with Crippen LogP contribution in [0.2, 0.25) is 0 Å². The summed E-state index contributed by atoms with van der Waals surface area (Å²) in [6.45, 7) is 0. The molecule has 0 amide bonds. The third-order valence-electron chi connectivity index (χ3n) is 1.39. The van der Waals surface area contributed by atoms with Crippen molar-refractivity contribution >= 4 is 17.7 Å². The second-order valence-corrected chi connectivity index (χ2v) is 3.39. The highest BCUT2D eigenvalue weighted by molar-refractivity contribution is 8.00. The van der Waals surface area contributed by atoms with Crippen LogP contribution in [0.3, 0.4) is 0 Å². The normalized spacial score (nSPS) is 9.62. The summed E-state index contributed by atoms with van der Waals surface area (Å²) in [5.74, 6) is -0.101. The Morgan fingerprint density at radius 3 is 3.00 bits per heavy atom. The van der Waals surface area contributed by atoms with E-state index in [2.05, 4.69) is 4.74 Å². The summed E-state index contributed by atoms with van der Waals surface area (Å²) in [4.78, 5) is 11.5. The van der Waals surface area contributed by atoms with E-state index < -0.39 is 0 Å². The van der Waals surface area contributed by atoms with E-state index in [9.17, 15) is 9.90 Å². The van der Waals surface area contributed by atoms with Crippen LogP contribution in [0.15, 0.2) is 29.2 Å². The molecule has 3 nitrogen and oxygen atoms in total. The molecule has 1 rings (SSSR count). The van der Waals surface area contributed by atoms with Gasteiger partial charge < -0.3 is 9.84 Å². The van der Waals surface area contributed by atoms with E-state index in [4.69, 9.17) is 0 Å². The lowest BCUT2D eigenvalue weighted by Gasteiger charge is -2.06. The van der Waals surface area contributed by atoms with Crippen LogP contribution in [0.4, 0.5) is 0 Å². The first kappa shape index (κ1) is 9.92. The molecule has 4 heteroatoms. The quantitative estimate of drug-likeness (QED) is 0.536. The fourth-order valence-corrected chi connectivity index (χ4v) is 1.54. The van der Waals surface area contributed by atoms with Gasteiger partial charge in [-0.25, -0.2) is 0 Å². The molecule has 1 aromatic rings. The third kappa shape index (κ3) is 3.38. The molecule has 70 valence electrons. The largest absolute Gasteiger partial charge is 0.872 e. The lowest BCUT2D eigenvalue weighted by atomic mass is 10.3. The number of thioether (sulfide) groups is 1. The van der Waals surface area contributed by atoms with Gasteiger partial charge in [-0.05, 0) is 6.07 Å². The molecule has 0 heterocycles. The van der Waals surface area contributed by atoms with Crippen LogP contribution in [0, 0.1) is 0 Å². The molecule has 0 fully saturated rings. The molecule has 0 atom stereocenters. The van der Waals surface area contributed by atoms with Crippen molar-refractivity contribution in [2.24, 2.45) is 0 Å². The average molecular weight is 197 g/mol. The average Bonchev–Trinajstić information content (AvgIpc) is 2.14. The van der Waals surface area contributed by atoms with Gasteiger partial charge in [-0.1, -0.05) is 18.2 Å². The van der Waals surface area contributed by atoms with Gasteiger partial charge >= 0.3 is 5.97 Å². The van der Waals surface area contributed by atoms with Crippen LogP contribution in [-0.2, 0) is 9.53 Å². The van der Waals surface area contributed by atoms with E-state index in [1.165, 1.54) is 31.0 Å². The molecular weight excluding hydrogens is 188 g/mol. The van der Waals surface area contributed by atoms with Gasteiger partial charge in [-0.15, -0.1) is 17.5 Å². The van der Waals surface area contributed by atoms with Gasteiger partial charge in [-0.2, -0.15) is 0 Å². The highest BCUT2D eigenvalue weighted by Gasteiger charge is 2.00. The molecule has 0 radical (unpaired) electrons. The van der Waals surface area contributed by atoms with Gasteiger partial charge in [0.25, 0.3) is 0 Å². The minimum atomic E-state index is -0.290. The van der Waals surface area contributed by atoms with E-state index in [1.54, 1.807) is 12.1 Å².